The fourth-order valence-electron chi connectivity index (χ4n) is 2.14. The third-order valence-electron chi connectivity index (χ3n) is 3.30. The van der Waals surface area contributed by atoms with Gasteiger partial charge in [0.25, 0.3) is 5.91 Å². The summed E-state index contributed by atoms with van der Waals surface area (Å²) in [6.07, 6.45) is 3.59. The molecule has 20 heavy (non-hydrogen) atoms. The molecule has 1 aromatic heterocycles. The lowest BCUT2D eigenvalue weighted by Gasteiger charge is -2.23. The highest BCUT2D eigenvalue weighted by Crippen LogP contribution is 2.16. The zero-order valence-electron chi connectivity index (χ0n) is 12.3. The van der Waals surface area contributed by atoms with E-state index in [2.05, 4.69) is 20.6 Å². The molecule has 110 valence electrons. The first-order valence-electron chi connectivity index (χ1n) is 7.05. The summed E-state index contributed by atoms with van der Waals surface area (Å²) in [6, 6.07) is 0.0680. The molecule has 0 saturated carbocycles. The van der Waals surface area contributed by atoms with Crippen LogP contribution in [0, 0.1) is 0 Å². The highest BCUT2D eigenvalue weighted by Gasteiger charge is 2.21. The monoisotopic (exact) mass is 278 g/mol. The zero-order chi connectivity index (χ0) is 14.5. The molecule has 1 saturated heterocycles. The molecule has 1 unspecified atom stereocenters. The summed E-state index contributed by atoms with van der Waals surface area (Å²) in [5.74, 6) is 0.689. The molecule has 1 aliphatic rings. The van der Waals surface area contributed by atoms with E-state index in [1.807, 2.05) is 13.8 Å². The fourth-order valence-corrected chi connectivity index (χ4v) is 2.14. The van der Waals surface area contributed by atoms with Crippen molar-refractivity contribution in [2.45, 2.75) is 38.6 Å². The standard InChI is InChI=1S/C14H22N4O2/c1-9(2)13-16-7-11(15-3)12(18-13)14(19)17-10-5-4-6-20-8-10/h7,9-10,15H,4-6,8H2,1-3H3,(H,17,19). The van der Waals surface area contributed by atoms with Crippen LogP contribution in [0.15, 0.2) is 6.20 Å². The molecule has 0 spiro atoms. The third-order valence-corrected chi connectivity index (χ3v) is 3.30. The lowest BCUT2D eigenvalue weighted by Crippen LogP contribution is -2.41. The van der Waals surface area contributed by atoms with Gasteiger partial charge in [0.05, 0.1) is 24.5 Å². The summed E-state index contributed by atoms with van der Waals surface area (Å²) < 4.78 is 5.37. The van der Waals surface area contributed by atoms with Crippen LogP contribution in [-0.4, -0.2) is 42.2 Å². The number of hydrogen-bond donors (Lipinski definition) is 2. The summed E-state index contributed by atoms with van der Waals surface area (Å²) in [7, 11) is 1.76. The van der Waals surface area contributed by atoms with Crippen molar-refractivity contribution < 1.29 is 9.53 Å². The number of carbonyl (C=O) groups is 1. The summed E-state index contributed by atoms with van der Waals surface area (Å²) in [6.45, 7) is 5.36. The molecule has 1 amide bonds. The lowest BCUT2D eigenvalue weighted by atomic mass is 10.1. The Morgan fingerprint density at radius 3 is 2.90 bits per heavy atom. The molecule has 1 aromatic rings. The Hall–Kier alpha value is -1.69. The van der Waals surface area contributed by atoms with Gasteiger partial charge in [-0.25, -0.2) is 9.97 Å². The van der Waals surface area contributed by atoms with Gasteiger partial charge in [-0.3, -0.25) is 4.79 Å². The first-order chi connectivity index (χ1) is 9.61. The molecule has 1 atom stereocenters. The average Bonchev–Trinajstić information content (AvgIpc) is 2.47. The molecule has 0 aromatic carbocycles. The molecule has 0 aliphatic carbocycles. The Balaban J connectivity index is 2.16. The first kappa shape index (κ1) is 14.7. The number of nitrogens with zero attached hydrogens (tertiary/aromatic N) is 2. The third kappa shape index (κ3) is 3.45. The van der Waals surface area contributed by atoms with Gasteiger partial charge in [-0.1, -0.05) is 13.8 Å². The molecule has 2 rings (SSSR count). The minimum absolute atomic E-state index is 0.0680. The second kappa shape index (κ2) is 6.65. The number of rotatable bonds is 4. The van der Waals surface area contributed by atoms with Crippen LogP contribution < -0.4 is 10.6 Å². The lowest BCUT2D eigenvalue weighted by molar-refractivity contribution is 0.0622. The van der Waals surface area contributed by atoms with E-state index >= 15 is 0 Å². The van der Waals surface area contributed by atoms with E-state index in [0.29, 0.717) is 23.8 Å². The maximum atomic E-state index is 12.4. The van der Waals surface area contributed by atoms with E-state index in [9.17, 15) is 4.79 Å². The van der Waals surface area contributed by atoms with Gasteiger partial charge in [-0.15, -0.1) is 0 Å². The molecular formula is C14H22N4O2. The van der Waals surface area contributed by atoms with Crippen LogP contribution in [0.25, 0.3) is 0 Å². The summed E-state index contributed by atoms with van der Waals surface area (Å²) in [5.41, 5.74) is 1.04. The van der Waals surface area contributed by atoms with Crippen molar-refractivity contribution in [2.75, 3.05) is 25.6 Å². The normalized spacial score (nSPS) is 18.9. The van der Waals surface area contributed by atoms with Crippen molar-refractivity contribution in [3.05, 3.63) is 17.7 Å². The molecular weight excluding hydrogens is 256 g/mol. The fraction of sp³-hybridized carbons (Fsp3) is 0.643. The number of hydrogen-bond acceptors (Lipinski definition) is 5. The van der Waals surface area contributed by atoms with Crippen molar-refractivity contribution in [1.29, 1.82) is 0 Å². The van der Waals surface area contributed by atoms with E-state index < -0.39 is 0 Å². The number of aromatic nitrogens is 2. The molecule has 6 nitrogen and oxygen atoms in total. The second-order valence-electron chi connectivity index (χ2n) is 5.28. The van der Waals surface area contributed by atoms with Gasteiger partial charge in [-0.05, 0) is 12.8 Å². The minimum Gasteiger partial charge on any atom is -0.385 e. The highest BCUT2D eigenvalue weighted by atomic mass is 16.5. The van der Waals surface area contributed by atoms with Gasteiger partial charge in [0, 0.05) is 19.6 Å². The van der Waals surface area contributed by atoms with Gasteiger partial charge in [0.2, 0.25) is 0 Å². The van der Waals surface area contributed by atoms with Crippen LogP contribution in [-0.2, 0) is 4.74 Å². The predicted octanol–water partition coefficient (Wildman–Crippen LogP) is 1.55. The van der Waals surface area contributed by atoms with E-state index in [0.717, 1.165) is 19.4 Å². The van der Waals surface area contributed by atoms with Crippen molar-refractivity contribution in [3.8, 4) is 0 Å². The average molecular weight is 278 g/mol. The largest absolute Gasteiger partial charge is 0.385 e. The Labute approximate surface area is 119 Å². The Morgan fingerprint density at radius 1 is 1.50 bits per heavy atom. The molecule has 0 radical (unpaired) electrons. The Bertz CT molecular complexity index is 470. The molecule has 2 heterocycles. The van der Waals surface area contributed by atoms with Crippen molar-refractivity contribution in [2.24, 2.45) is 0 Å². The summed E-state index contributed by atoms with van der Waals surface area (Å²) in [5, 5.41) is 5.94. The van der Waals surface area contributed by atoms with Crippen LogP contribution in [0.2, 0.25) is 0 Å². The zero-order valence-corrected chi connectivity index (χ0v) is 12.3. The Morgan fingerprint density at radius 2 is 2.30 bits per heavy atom. The Kier molecular flexibility index (Phi) is 4.89. The van der Waals surface area contributed by atoms with E-state index in [1.54, 1.807) is 13.2 Å². The summed E-state index contributed by atoms with van der Waals surface area (Å²) >= 11 is 0. The molecule has 1 fully saturated rings. The smallest absolute Gasteiger partial charge is 0.272 e. The van der Waals surface area contributed by atoms with Gasteiger partial charge in [0.1, 0.15) is 5.82 Å². The van der Waals surface area contributed by atoms with E-state index in [4.69, 9.17) is 4.74 Å². The first-order valence-corrected chi connectivity index (χ1v) is 7.05. The van der Waals surface area contributed by atoms with E-state index in [-0.39, 0.29) is 17.9 Å². The van der Waals surface area contributed by atoms with Gasteiger partial charge in [-0.2, -0.15) is 0 Å². The van der Waals surface area contributed by atoms with Crippen molar-refractivity contribution >= 4 is 11.6 Å². The molecule has 1 aliphatic heterocycles. The van der Waals surface area contributed by atoms with Crippen molar-refractivity contribution in [1.82, 2.24) is 15.3 Å². The second-order valence-corrected chi connectivity index (χ2v) is 5.28. The number of anilines is 1. The molecule has 6 heteroatoms. The molecule has 0 bridgehead atoms. The number of ether oxygens (including phenoxy) is 1. The van der Waals surface area contributed by atoms with Gasteiger partial charge >= 0.3 is 0 Å². The van der Waals surface area contributed by atoms with Crippen LogP contribution in [0.1, 0.15) is 48.9 Å². The summed E-state index contributed by atoms with van der Waals surface area (Å²) in [4.78, 5) is 21.0. The van der Waals surface area contributed by atoms with Crippen LogP contribution in [0.3, 0.4) is 0 Å². The number of nitrogens with one attached hydrogen (secondary N) is 2. The van der Waals surface area contributed by atoms with Crippen molar-refractivity contribution in [3.63, 3.8) is 0 Å². The predicted molar refractivity (Wildman–Crippen MR) is 77.0 cm³/mol. The highest BCUT2D eigenvalue weighted by molar-refractivity contribution is 5.97. The maximum Gasteiger partial charge on any atom is 0.272 e. The van der Waals surface area contributed by atoms with Crippen LogP contribution >= 0.6 is 0 Å². The number of amides is 1. The minimum atomic E-state index is -0.172. The van der Waals surface area contributed by atoms with Gasteiger partial charge in [0.15, 0.2) is 5.69 Å². The van der Waals surface area contributed by atoms with Gasteiger partial charge < -0.3 is 15.4 Å². The maximum absolute atomic E-state index is 12.4. The van der Waals surface area contributed by atoms with E-state index in [1.165, 1.54) is 0 Å². The van der Waals surface area contributed by atoms with Crippen LogP contribution in [0.5, 0.6) is 0 Å². The quantitative estimate of drug-likeness (QED) is 0.874. The topological polar surface area (TPSA) is 76.1 Å². The number of carbonyl (C=O) groups excluding carboxylic acids is 1. The molecule has 2 N–H and O–H groups in total. The SMILES string of the molecule is CNc1cnc(C(C)C)nc1C(=O)NC1CCCOC1. The van der Waals surface area contributed by atoms with Crippen LogP contribution in [0.4, 0.5) is 5.69 Å².